The standard InChI is InChI=1S/C26H27FN4O5/c1-35-23-8-6-21-26(29-23)31(25(34)12-28-21)14-18(27)4-2-3-16-9-24(33)30(13-16)19-5-7-22-17(10-19)11-20(32)15-36-22/h5-8,10,12,16,18H,2-4,9,11,13-15H2,1H3/t16-,18?/m0/s1. The van der Waals surface area contributed by atoms with Crippen LogP contribution in [0.3, 0.4) is 0 Å². The Morgan fingerprint density at radius 2 is 2.08 bits per heavy atom. The number of benzene rings is 1. The van der Waals surface area contributed by atoms with Crippen LogP contribution in [0.2, 0.25) is 0 Å². The largest absolute Gasteiger partial charge is 0.486 e. The molecule has 10 heteroatoms. The molecule has 0 radical (unpaired) electrons. The van der Waals surface area contributed by atoms with Crippen LogP contribution < -0.4 is 19.9 Å². The third-order valence-electron chi connectivity index (χ3n) is 6.72. The van der Waals surface area contributed by atoms with Crippen LogP contribution in [0, 0.1) is 5.92 Å². The molecule has 3 aromatic rings. The fraction of sp³-hybridized carbons (Fsp3) is 0.423. The summed E-state index contributed by atoms with van der Waals surface area (Å²) in [6.07, 6.45) is 2.20. The van der Waals surface area contributed by atoms with E-state index in [0.29, 0.717) is 55.0 Å². The van der Waals surface area contributed by atoms with E-state index in [-0.39, 0.29) is 37.2 Å². The molecule has 1 amide bonds. The van der Waals surface area contributed by atoms with E-state index >= 15 is 0 Å². The van der Waals surface area contributed by atoms with E-state index < -0.39 is 11.7 Å². The highest BCUT2D eigenvalue weighted by molar-refractivity contribution is 5.96. The fourth-order valence-corrected chi connectivity index (χ4v) is 4.89. The first-order chi connectivity index (χ1) is 17.4. The fourth-order valence-electron chi connectivity index (χ4n) is 4.89. The maximum atomic E-state index is 14.9. The molecule has 2 aromatic heterocycles. The molecule has 1 unspecified atom stereocenters. The van der Waals surface area contributed by atoms with Crippen molar-refractivity contribution < 1.29 is 23.5 Å². The van der Waals surface area contributed by atoms with Crippen molar-refractivity contribution >= 4 is 28.5 Å². The summed E-state index contributed by atoms with van der Waals surface area (Å²) in [4.78, 5) is 46.8. The number of aromatic nitrogens is 3. The zero-order chi connectivity index (χ0) is 25.2. The average molecular weight is 495 g/mol. The van der Waals surface area contributed by atoms with Crippen LogP contribution in [0.25, 0.3) is 11.2 Å². The molecule has 1 aromatic carbocycles. The molecule has 9 nitrogen and oxygen atoms in total. The van der Waals surface area contributed by atoms with Gasteiger partial charge in [0.15, 0.2) is 11.4 Å². The van der Waals surface area contributed by atoms with Gasteiger partial charge in [0, 0.05) is 36.7 Å². The van der Waals surface area contributed by atoms with Gasteiger partial charge in [-0.3, -0.25) is 19.0 Å². The summed E-state index contributed by atoms with van der Waals surface area (Å²) in [6, 6.07) is 8.82. The number of methoxy groups -OCH3 is 1. The van der Waals surface area contributed by atoms with E-state index in [1.807, 2.05) is 12.1 Å². The van der Waals surface area contributed by atoms with Crippen LogP contribution in [0.15, 0.2) is 41.3 Å². The van der Waals surface area contributed by atoms with E-state index in [9.17, 15) is 18.8 Å². The van der Waals surface area contributed by atoms with Gasteiger partial charge in [-0.15, -0.1) is 0 Å². The normalized spacial score (nSPS) is 18.3. The molecule has 0 aliphatic carbocycles. The van der Waals surface area contributed by atoms with Gasteiger partial charge in [0.25, 0.3) is 5.56 Å². The lowest BCUT2D eigenvalue weighted by Gasteiger charge is -2.21. The highest BCUT2D eigenvalue weighted by atomic mass is 19.1. The number of ether oxygens (including phenoxy) is 2. The molecule has 0 bridgehead atoms. The van der Waals surface area contributed by atoms with E-state index in [1.165, 1.54) is 17.9 Å². The lowest BCUT2D eigenvalue weighted by molar-refractivity contribution is -0.121. The van der Waals surface area contributed by atoms with Gasteiger partial charge in [0.1, 0.15) is 24.0 Å². The van der Waals surface area contributed by atoms with E-state index in [2.05, 4.69) is 9.97 Å². The van der Waals surface area contributed by atoms with E-state index in [1.54, 1.807) is 23.1 Å². The van der Waals surface area contributed by atoms with E-state index in [4.69, 9.17) is 9.47 Å². The second kappa shape index (κ2) is 10.0. The monoisotopic (exact) mass is 494 g/mol. The Kier molecular flexibility index (Phi) is 6.67. The van der Waals surface area contributed by atoms with Crippen LogP contribution in [0.4, 0.5) is 10.1 Å². The van der Waals surface area contributed by atoms with Crippen molar-refractivity contribution in [2.75, 3.05) is 25.2 Å². The summed E-state index contributed by atoms with van der Waals surface area (Å²) in [5.74, 6) is 1.17. The van der Waals surface area contributed by atoms with Crippen LogP contribution in [0.5, 0.6) is 11.6 Å². The number of hydrogen-bond acceptors (Lipinski definition) is 7. The van der Waals surface area contributed by atoms with Gasteiger partial charge in [-0.25, -0.2) is 9.37 Å². The number of Topliss-reactive ketones (excluding diaryl/α,β-unsaturated/α-hetero) is 1. The minimum Gasteiger partial charge on any atom is -0.486 e. The number of amides is 1. The van der Waals surface area contributed by atoms with Gasteiger partial charge >= 0.3 is 0 Å². The molecule has 1 fully saturated rings. The highest BCUT2D eigenvalue weighted by Crippen LogP contribution is 2.33. The molecule has 0 spiro atoms. The van der Waals surface area contributed by atoms with Crippen LogP contribution in [0.1, 0.15) is 31.2 Å². The van der Waals surface area contributed by atoms with Crippen molar-refractivity contribution in [3.63, 3.8) is 0 Å². The predicted molar refractivity (Wildman–Crippen MR) is 130 cm³/mol. The molecule has 1 saturated heterocycles. The predicted octanol–water partition coefficient (Wildman–Crippen LogP) is 2.87. The number of hydrogen-bond donors (Lipinski definition) is 0. The van der Waals surface area contributed by atoms with E-state index in [0.717, 1.165) is 11.3 Å². The Morgan fingerprint density at radius 1 is 1.22 bits per heavy atom. The van der Waals surface area contributed by atoms with Crippen molar-refractivity contribution in [2.45, 2.75) is 44.8 Å². The second-order valence-electron chi connectivity index (χ2n) is 9.30. The number of anilines is 1. The van der Waals surface area contributed by atoms with Crippen LogP contribution >= 0.6 is 0 Å². The Hall–Kier alpha value is -3.82. The number of alkyl halides is 1. The molecule has 5 rings (SSSR count). The molecule has 2 aliphatic rings. The summed E-state index contributed by atoms with van der Waals surface area (Å²) in [5.41, 5.74) is 1.92. The molecule has 0 saturated carbocycles. The molecule has 188 valence electrons. The highest BCUT2D eigenvalue weighted by Gasteiger charge is 2.31. The number of carbonyl (C=O) groups is 2. The molecule has 36 heavy (non-hydrogen) atoms. The lowest BCUT2D eigenvalue weighted by atomic mass is 10.00. The topological polar surface area (TPSA) is 104 Å². The first kappa shape index (κ1) is 23.9. The zero-order valence-corrected chi connectivity index (χ0v) is 20.0. The Labute approximate surface area is 206 Å². The number of carbonyl (C=O) groups excluding carboxylic acids is 2. The third-order valence-corrected chi connectivity index (χ3v) is 6.72. The molecule has 0 N–H and O–H groups in total. The summed E-state index contributed by atoms with van der Waals surface area (Å²) in [7, 11) is 1.47. The number of nitrogens with zero attached hydrogens (tertiary/aromatic N) is 4. The minimum atomic E-state index is -1.24. The van der Waals surface area contributed by atoms with Crippen molar-refractivity contribution in [3.8, 4) is 11.6 Å². The maximum absolute atomic E-state index is 14.9. The summed E-state index contributed by atoms with van der Waals surface area (Å²) in [6.45, 7) is 0.522. The van der Waals surface area contributed by atoms with Gasteiger partial charge in [0.05, 0.1) is 19.9 Å². The maximum Gasteiger partial charge on any atom is 0.270 e. The number of ketones is 1. The smallest absolute Gasteiger partial charge is 0.270 e. The first-order valence-corrected chi connectivity index (χ1v) is 12.0. The number of halogens is 1. The number of fused-ring (bicyclic) bond motifs is 2. The van der Waals surface area contributed by atoms with Gasteiger partial charge < -0.3 is 14.4 Å². The summed E-state index contributed by atoms with van der Waals surface area (Å²) in [5, 5.41) is 0. The van der Waals surface area contributed by atoms with Crippen molar-refractivity contribution in [3.05, 3.63) is 52.4 Å². The van der Waals surface area contributed by atoms with Crippen molar-refractivity contribution in [1.82, 2.24) is 14.5 Å². The van der Waals surface area contributed by atoms with Gasteiger partial charge in [-0.2, -0.15) is 4.98 Å². The Morgan fingerprint density at radius 3 is 2.92 bits per heavy atom. The lowest BCUT2D eigenvalue weighted by Crippen LogP contribution is -2.26. The first-order valence-electron chi connectivity index (χ1n) is 12.0. The minimum absolute atomic E-state index is 0.0167. The molecule has 2 aliphatic heterocycles. The quantitative estimate of drug-likeness (QED) is 0.474. The van der Waals surface area contributed by atoms with Gasteiger partial charge in [-0.1, -0.05) is 6.42 Å². The molecule has 2 atom stereocenters. The Balaban J connectivity index is 1.17. The van der Waals surface area contributed by atoms with Crippen LogP contribution in [-0.4, -0.2) is 52.7 Å². The van der Waals surface area contributed by atoms with Crippen molar-refractivity contribution in [1.29, 1.82) is 0 Å². The number of pyridine rings is 1. The molecular weight excluding hydrogens is 467 g/mol. The summed E-state index contributed by atoms with van der Waals surface area (Å²) >= 11 is 0. The SMILES string of the molecule is COc1ccc2ncc(=O)n(CC(F)CCC[C@H]3CC(=O)N(c4ccc5c(c4)CC(=O)CO5)C3)c2n1. The van der Waals surface area contributed by atoms with Crippen LogP contribution in [-0.2, 0) is 22.6 Å². The summed E-state index contributed by atoms with van der Waals surface area (Å²) < 4.78 is 26.8. The van der Waals surface area contributed by atoms with Gasteiger partial charge in [0.2, 0.25) is 11.8 Å². The Bertz CT molecular complexity index is 1370. The molecule has 4 heterocycles. The number of rotatable bonds is 8. The zero-order valence-electron chi connectivity index (χ0n) is 20.0. The van der Waals surface area contributed by atoms with Gasteiger partial charge in [-0.05, 0) is 43.0 Å². The molecular formula is C26H27FN4O5. The third kappa shape index (κ3) is 4.93. The van der Waals surface area contributed by atoms with Crippen molar-refractivity contribution in [2.24, 2.45) is 5.92 Å². The second-order valence-corrected chi connectivity index (χ2v) is 9.30. The average Bonchev–Trinajstić information content (AvgIpc) is 3.25.